The Kier molecular flexibility index (Phi) is 28.1. The maximum atomic E-state index is 7.50. The van der Waals surface area contributed by atoms with Gasteiger partial charge >= 0.3 is 232 Å². The zero-order valence-corrected chi connectivity index (χ0v) is 22.0. The Hall–Kier alpha value is -3.92. The number of anilines is 1. The van der Waals surface area contributed by atoms with Gasteiger partial charge in [-0.05, 0) is 0 Å². The van der Waals surface area contributed by atoms with E-state index in [1.54, 1.807) is 7.11 Å². The van der Waals surface area contributed by atoms with Gasteiger partial charge in [-0.25, -0.2) is 0 Å². The van der Waals surface area contributed by atoms with E-state index in [-0.39, 0.29) is 0 Å². The molecule has 0 saturated carbocycles. The average Bonchev–Trinajstić information content (AvgIpc) is 3.02. The second-order valence-electron chi connectivity index (χ2n) is 6.59. The summed E-state index contributed by atoms with van der Waals surface area (Å²) in [6, 6.07) is 27.5. The van der Waals surface area contributed by atoms with Crippen LogP contribution < -0.4 is 4.90 Å². The van der Waals surface area contributed by atoms with Crippen molar-refractivity contribution in [1.29, 1.82) is 0 Å². The minimum atomic E-state index is 0.586. The molecule has 0 amide bonds. The Morgan fingerprint density at radius 2 is 1.16 bits per heavy atom. The molecule has 0 N–H and O–H groups in total. The van der Waals surface area contributed by atoms with E-state index in [2.05, 4.69) is 139 Å². The minimum absolute atomic E-state index is 0.586. The van der Waals surface area contributed by atoms with Crippen LogP contribution in [0.5, 0.6) is 0 Å². The molecule has 0 spiro atoms. The van der Waals surface area contributed by atoms with Crippen molar-refractivity contribution in [2.75, 3.05) is 12.0 Å². The van der Waals surface area contributed by atoms with Gasteiger partial charge in [0.25, 0.3) is 0 Å². The molecular weight excluding hydrogens is 522 g/mol. The molecule has 8 heteroatoms. The standard InChI is InChI=1S/C25H23NO.5CO.Cr/c1-21-14-16-23(17-15-21)20-26(19-22-9-4-3-5-10-22)25-13-7-6-11-24(25)12-8-18-27-2;5*1-2;/h3-7,9-11,13-17H,19-20H2,1-2H3;;;;;;. The van der Waals surface area contributed by atoms with Gasteiger partial charge in [-0.2, -0.15) is 0 Å². The molecule has 3 aromatic carbocycles. The molecule has 0 unspecified atom stereocenters. The van der Waals surface area contributed by atoms with Gasteiger partial charge < -0.3 is 0 Å². The topological polar surface area (TPSA) is 112 Å². The predicted octanol–water partition coefficient (Wildman–Crippen LogP) is 4.69. The second kappa shape index (κ2) is 27.7. The van der Waals surface area contributed by atoms with Gasteiger partial charge in [0.05, 0.1) is 0 Å². The molecule has 38 heavy (non-hydrogen) atoms. The molecule has 0 aliphatic carbocycles. The summed E-state index contributed by atoms with van der Waals surface area (Å²) < 4.78 is 43.2. The molecule has 3 aromatic rings. The number of rotatable bonds is 6. The van der Waals surface area contributed by atoms with Gasteiger partial charge in [-0.15, -0.1) is 0 Å². The first kappa shape index (κ1) is 38.6. The van der Waals surface area contributed by atoms with Crippen LogP contribution in [0.1, 0.15) is 22.3 Å². The fourth-order valence-corrected chi connectivity index (χ4v) is 3.05. The van der Waals surface area contributed by atoms with Crippen LogP contribution in [0.15, 0.2) is 78.9 Å². The molecule has 0 aliphatic rings. The van der Waals surface area contributed by atoms with Crippen LogP contribution in [0, 0.1) is 52.0 Å². The summed E-state index contributed by atoms with van der Waals surface area (Å²) in [6.45, 7) is 26.2. The summed E-state index contributed by atoms with van der Waals surface area (Å²) >= 11 is 2.84. The molecule has 0 atom stereocenters. The molecule has 0 saturated heterocycles. The van der Waals surface area contributed by atoms with Gasteiger partial charge in [0, 0.05) is 0 Å². The number of para-hydroxylation sites is 1. The Morgan fingerprint density at radius 1 is 0.711 bits per heavy atom. The Balaban J connectivity index is -0.00000110. The molecule has 0 bridgehead atoms. The third-order valence-corrected chi connectivity index (χ3v) is 4.86. The number of aryl methyl sites for hydroxylation is 1. The quantitative estimate of drug-likeness (QED) is 0.254. The van der Waals surface area contributed by atoms with Crippen LogP contribution >= 0.6 is 0 Å². The van der Waals surface area contributed by atoms with Crippen molar-refractivity contribution in [3.05, 3.63) is 134 Å². The molecule has 7 nitrogen and oxygen atoms in total. The molecule has 0 radical (unpaired) electrons. The van der Waals surface area contributed by atoms with Crippen molar-refractivity contribution >= 4 is 10.3 Å². The Labute approximate surface area is 232 Å². The van der Waals surface area contributed by atoms with Gasteiger partial charge in [-0.1, -0.05) is 0 Å². The summed E-state index contributed by atoms with van der Waals surface area (Å²) in [5, 5.41) is 0. The zero-order chi connectivity index (χ0) is 29.8. The SMILES string of the molecule is CO[C](=[Cr])C#Cc1ccccc1N(Cc1ccccc1)Cc1ccc(C)cc1.[C-]#[O+].[C-]#[O+].[C-]#[O+].[C-]#[O+].[C-]#[O+]. The predicted molar refractivity (Wildman–Crippen MR) is 132 cm³/mol. The average molecular weight is 546 g/mol. The van der Waals surface area contributed by atoms with Crippen LogP contribution in [0.25, 0.3) is 0 Å². The molecule has 0 fully saturated rings. The first-order valence-corrected chi connectivity index (χ1v) is 10.8. The number of benzene rings is 3. The summed E-state index contributed by atoms with van der Waals surface area (Å²) in [7, 11) is 1.62. The number of methoxy groups -OCH3 is 1. The van der Waals surface area contributed by atoms with Crippen molar-refractivity contribution < 1.29 is 43.8 Å². The van der Waals surface area contributed by atoms with Crippen molar-refractivity contribution in [3.63, 3.8) is 0 Å². The van der Waals surface area contributed by atoms with Crippen LogP contribution in [-0.2, 0) is 56.9 Å². The van der Waals surface area contributed by atoms with E-state index in [0.29, 0.717) is 4.57 Å². The van der Waals surface area contributed by atoms with E-state index in [1.807, 2.05) is 12.1 Å². The zero-order valence-electron chi connectivity index (χ0n) is 20.7. The molecule has 190 valence electrons. The molecule has 3 rings (SSSR count). The second-order valence-corrected chi connectivity index (χ2v) is 7.16. The molecule has 0 aliphatic heterocycles. The summed E-state index contributed by atoms with van der Waals surface area (Å²) in [5.41, 5.74) is 5.91. The third-order valence-electron chi connectivity index (χ3n) is 4.44. The van der Waals surface area contributed by atoms with E-state index in [4.69, 9.17) is 28.0 Å². The number of nitrogens with zero attached hydrogens (tertiary/aromatic N) is 1. The molecule has 0 aromatic heterocycles. The van der Waals surface area contributed by atoms with E-state index in [0.717, 1.165) is 24.3 Å². The number of hydrogen-bond donors (Lipinski definition) is 0. The van der Waals surface area contributed by atoms with Crippen LogP contribution in [0.2, 0.25) is 0 Å². The Bertz CT molecular complexity index is 1180. The van der Waals surface area contributed by atoms with Gasteiger partial charge in [-0.3, -0.25) is 0 Å². The summed E-state index contributed by atoms with van der Waals surface area (Å²) in [5.74, 6) is 6.28. The first-order valence-electron chi connectivity index (χ1n) is 10.2. The number of hydrogen-bond acceptors (Lipinski definition) is 2. The van der Waals surface area contributed by atoms with Crippen LogP contribution in [0.4, 0.5) is 5.69 Å². The van der Waals surface area contributed by atoms with Crippen molar-refractivity contribution in [2.24, 2.45) is 0 Å². The fraction of sp³-hybridized carbons (Fsp3) is 0.133. The fourth-order valence-electron chi connectivity index (χ4n) is 2.97. The molecule has 0 heterocycles. The monoisotopic (exact) mass is 545 g/mol. The Morgan fingerprint density at radius 3 is 1.66 bits per heavy atom. The van der Waals surface area contributed by atoms with Gasteiger partial charge in [0.15, 0.2) is 0 Å². The number of ether oxygens (including phenoxy) is 1. The van der Waals surface area contributed by atoms with E-state index >= 15 is 0 Å². The van der Waals surface area contributed by atoms with E-state index in [1.165, 1.54) is 16.7 Å². The normalized spacial score (nSPS) is 7.68. The van der Waals surface area contributed by atoms with Crippen LogP contribution in [-0.4, -0.2) is 11.7 Å². The van der Waals surface area contributed by atoms with Crippen molar-refractivity contribution in [3.8, 4) is 11.8 Å². The van der Waals surface area contributed by atoms with Crippen molar-refractivity contribution in [2.45, 2.75) is 20.0 Å². The first-order chi connectivity index (χ1) is 18.7. The van der Waals surface area contributed by atoms with Crippen LogP contribution in [0.3, 0.4) is 0 Å². The van der Waals surface area contributed by atoms with E-state index in [9.17, 15) is 0 Å². The van der Waals surface area contributed by atoms with E-state index < -0.39 is 0 Å². The summed E-state index contributed by atoms with van der Waals surface area (Å²) in [4.78, 5) is 2.37. The summed E-state index contributed by atoms with van der Waals surface area (Å²) in [6.07, 6.45) is 0. The van der Waals surface area contributed by atoms with Crippen molar-refractivity contribution in [1.82, 2.24) is 0 Å². The van der Waals surface area contributed by atoms with Gasteiger partial charge in [0.2, 0.25) is 0 Å². The molecular formula is C30H23CrNO6. The van der Waals surface area contributed by atoms with Gasteiger partial charge in [0.1, 0.15) is 0 Å². The third kappa shape index (κ3) is 16.0. The maximum absolute atomic E-state index is 7.50.